The lowest BCUT2D eigenvalue weighted by molar-refractivity contribution is 0.436. The molecule has 8 aromatic carbocycles. The Morgan fingerprint density at radius 2 is 0.980 bits per heavy atom. The Morgan fingerprint density at radius 3 is 1.82 bits per heavy atom. The molecule has 0 amide bonds. The molecular formula is C47H29NO. The second-order valence-electron chi connectivity index (χ2n) is 13.2. The summed E-state index contributed by atoms with van der Waals surface area (Å²) in [6.45, 7) is 0. The van der Waals surface area contributed by atoms with Crippen molar-refractivity contribution in [3.63, 3.8) is 0 Å². The molecule has 2 heteroatoms. The molecule has 0 saturated carbocycles. The van der Waals surface area contributed by atoms with Gasteiger partial charge in [0.2, 0.25) is 0 Å². The summed E-state index contributed by atoms with van der Waals surface area (Å²) in [7, 11) is 0. The number of ether oxygens (including phenoxy) is 1. The third-order valence-corrected chi connectivity index (χ3v) is 10.9. The number of nitrogens with zero attached hydrogens (tertiary/aromatic N) is 1. The summed E-state index contributed by atoms with van der Waals surface area (Å²) in [4.78, 5) is 0. The molecule has 1 aliphatic heterocycles. The van der Waals surface area contributed by atoms with Crippen molar-refractivity contribution in [1.82, 2.24) is 4.57 Å². The van der Waals surface area contributed by atoms with Crippen molar-refractivity contribution in [2.75, 3.05) is 0 Å². The first-order valence-corrected chi connectivity index (χ1v) is 16.9. The van der Waals surface area contributed by atoms with Crippen molar-refractivity contribution >= 4 is 32.6 Å². The maximum atomic E-state index is 6.81. The average Bonchev–Trinajstić information content (AvgIpc) is 3.65. The molecule has 0 fully saturated rings. The minimum atomic E-state index is -0.453. The molecule has 0 N–H and O–H groups in total. The van der Waals surface area contributed by atoms with Crippen molar-refractivity contribution in [3.05, 3.63) is 198 Å². The van der Waals surface area contributed by atoms with Crippen LogP contribution in [-0.2, 0) is 5.41 Å². The first kappa shape index (κ1) is 26.7. The highest BCUT2D eigenvalue weighted by Gasteiger charge is 2.50. The molecule has 1 aromatic heterocycles. The van der Waals surface area contributed by atoms with Crippen molar-refractivity contribution in [2.24, 2.45) is 0 Å². The SMILES string of the molecule is c1ccc2c(c1)Oc1cc(-c3ccc4c(c3)c3ccccc3n4-c3cccc4ccccc34)ccc1C21c2ccccc2-c2ccccc21. The van der Waals surface area contributed by atoms with E-state index >= 15 is 0 Å². The van der Waals surface area contributed by atoms with Gasteiger partial charge in [0.05, 0.1) is 22.1 Å². The number of hydrogen-bond acceptors (Lipinski definition) is 1. The van der Waals surface area contributed by atoms with Crippen LogP contribution in [0.5, 0.6) is 11.5 Å². The van der Waals surface area contributed by atoms with Gasteiger partial charge in [-0.2, -0.15) is 0 Å². The van der Waals surface area contributed by atoms with Gasteiger partial charge < -0.3 is 9.30 Å². The molecule has 11 rings (SSSR count). The zero-order valence-corrected chi connectivity index (χ0v) is 26.6. The van der Waals surface area contributed by atoms with E-state index in [4.69, 9.17) is 4.74 Å². The van der Waals surface area contributed by atoms with Gasteiger partial charge in [-0.1, -0.05) is 140 Å². The molecule has 0 bridgehead atoms. The van der Waals surface area contributed by atoms with E-state index in [-0.39, 0.29) is 0 Å². The molecule has 2 aliphatic rings. The first-order chi connectivity index (χ1) is 24.3. The van der Waals surface area contributed by atoms with E-state index < -0.39 is 5.41 Å². The van der Waals surface area contributed by atoms with Crippen LogP contribution < -0.4 is 4.74 Å². The molecule has 0 saturated heterocycles. The van der Waals surface area contributed by atoms with Crippen molar-refractivity contribution in [1.29, 1.82) is 0 Å². The number of rotatable bonds is 2. The normalized spacial score (nSPS) is 13.6. The number of aromatic nitrogens is 1. The van der Waals surface area contributed by atoms with Crippen molar-refractivity contribution < 1.29 is 4.74 Å². The number of benzene rings is 8. The second kappa shape index (κ2) is 9.82. The second-order valence-corrected chi connectivity index (χ2v) is 13.2. The van der Waals surface area contributed by atoms with Crippen LogP contribution in [0, 0.1) is 0 Å². The van der Waals surface area contributed by atoms with E-state index in [1.54, 1.807) is 0 Å². The lowest BCUT2D eigenvalue weighted by Crippen LogP contribution is -2.32. The molecule has 2 nitrogen and oxygen atoms in total. The van der Waals surface area contributed by atoms with Crippen LogP contribution in [0.2, 0.25) is 0 Å². The monoisotopic (exact) mass is 623 g/mol. The van der Waals surface area contributed by atoms with E-state index in [0.717, 1.165) is 17.1 Å². The van der Waals surface area contributed by atoms with Gasteiger partial charge >= 0.3 is 0 Å². The van der Waals surface area contributed by atoms with E-state index in [9.17, 15) is 0 Å². The van der Waals surface area contributed by atoms with Gasteiger partial charge in [0.25, 0.3) is 0 Å². The Bertz CT molecular complexity index is 2770. The minimum Gasteiger partial charge on any atom is -0.457 e. The summed E-state index contributed by atoms with van der Waals surface area (Å²) in [6, 6.07) is 64.1. The summed E-state index contributed by atoms with van der Waals surface area (Å²) in [5.74, 6) is 1.81. The lowest BCUT2D eigenvalue weighted by Gasteiger charge is -2.39. The third-order valence-electron chi connectivity index (χ3n) is 10.9. The quantitative estimate of drug-likeness (QED) is 0.187. The van der Waals surface area contributed by atoms with Crippen LogP contribution in [0.15, 0.2) is 176 Å². The Morgan fingerprint density at radius 1 is 0.388 bits per heavy atom. The molecule has 9 aromatic rings. The van der Waals surface area contributed by atoms with Crippen molar-refractivity contribution in [3.8, 4) is 39.4 Å². The van der Waals surface area contributed by atoms with E-state index in [2.05, 4.69) is 180 Å². The van der Waals surface area contributed by atoms with Gasteiger partial charge in [0.1, 0.15) is 11.5 Å². The summed E-state index contributed by atoms with van der Waals surface area (Å²) in [5, 5.41) is 4.96. The number of para-hydroxylation sites is 2. The zero-order chi connectivity index (χ0) is 32.1. The van der Waals surface area contributed by atoms with E-state index in [1.807, 2.05) is 0 Å². The van der Waals surface area contributed by atoms with Gasteiger partial charge in [0, 0.05) is 27.3 Å². The van der Waals surface area contributed by atoms with Crippen LogP contribution in [0.4, 0.5) is 0 Å². The number of hydrogen-bond donors (Lipinski definition) is 0. The molecule has 0 radical (unpaired) electrons. The van der Waals surface area contributed by atoms with E-state index in [0.29, 0.717) is 0 Å². The topological polar surface area (TPSA) is 14.2 Å². The molecule has 1 aliphatic carbocycles. The fraction of sp³-hybridized carbons (Fsp3) is 0.0213. The summed E-state index contributed by atoms with van der Waals surface area (Å²) < 4.78 is 9.23. The molecule has 49 heavy (non-hydrogen) atoms. The highest BCUT2D eigenvalue weighted by atomic mass is 16.5. The summed E-state index contributed by atoms with van der Waals surface area (Å²) in [6.07, 6.45) is 0. The highest BCUT2D eigenvalue weighted by molar-refractivity contribution is 6.11. The minimum absolute atomic E-state index is 0.453. The van der Waals surface area contributed by atoms with Crippen LogP contribution in [0.25, 0.3) is 60.5 Å². The van der Waals surface area contributed by atoms with Crippen molar-refractivity contribution in [2.45, 2.75) is 5.41 Å². The van der Waals surface area contributed by atoms with Crippen LogP contribution in [0.3, 0.4) is 0 Å². The van der Waals surface area contributed by atoms with Crippen LogP contribution >= 0.6 is 0 Å². The van der Waals surface area contributed by atoms with Gasteiger partial charge in [-0.25, -0.2) is 0 Å². The average molecular weight is 624 g/mol. The first-order valence-electron chi connectivity index (χ1n) is 16.9. The Kier molecular flexibility index (Phi) is 5.34. The zero-order valence-electron chi connectivity index (χ0n) is 26.6. The maximum absolute atomic E-state index is 6.81. The largest absolute Gasteiger partial charge is 0.457 e. The fourth-order valence-electron chi connectivity index (χ4n) is 8.86. The summed E-state index contributed by atoms with van der Waals surface area (Å²) >= 11 is 0. The van der Waals surface area contributed by atoms with Crippen LogP contribution in [0.1, 0.15) is 22.3 Å². The molecular weight excluding hydrogens is 595 g/mol. The molecule has 2 heterocycles. The van der Waals surface area contributed by atoms with E-state index in [1.165, 1.54) is 77.2 Å². The Hall–Kier alpha value is -6.38. The van der Waals surface area contributed by atoms with Gasteiger partial charge in [-0.3, -0.25) is 0 Å². The Balaban J connectivity index is 1.13. The van der Waals surface area contributed by atoms with Gasteiger partial charge in [-0.15, -0.1) is 0 Å². The Labute approximate surface area is 284 Å². The fourth-order valence-corrected chi connectivity index (χ4v) is 8.86. The number of fused-ring (bicyclic) bond motifs is 13. The standard InChI is InChI=1S/C47H29NO/c1-2-14-33-30(12-1)13-11-22-42(33)48-43-21-9-5-17-36(43)37-28-31(25-27-44(37)48)32-24-26-41-46(29-32)49-45-23-10-8-20-40(45)47(41)38-18-6-3-15-34(38)35-16-4-7-19-39(35)47/h1-29H. The van der Waals surface area contributed by atoms with Gasteiger partial charge in [-0.05, 0) is 75.2 Å². The third kappa shape index (κ3) is 3.50. The molecule has 0 unspecified atom stereocenters. The molecule has 228 valence electrons. The predicted molar refractivity (Wildman–Crippen MR) is 201 cm³/mol. The van der Waals surface area contributed by atoms with Crippen LogP contribution in [-0.4, -0.2) is 4.57 Å². The molecule has 0 atom stereocenters. The van der Waals surface area contributed by atoms with Gasteiger partial charge in [0.15, 0.2) is 0 Å². The maximum Gasteiger partial charge on any atom is 0.132 e. The molecule has 1 spiro atoms. The summed E-state index contributed by atoms with van der Waals surface area (Å²) in [5.41, 5.74) is 13.0. The predicted octanol–water partition coefficient (Wildman–Crippen LogP) is 12.1. The smallest absolute Gasteiger partial charge is 0.132 e. The lowest BCUT2D eigenvalue weighted by atomic mass is 9.66. The highest BCUT2D eigenvalue weighted by Crippen LogP contribution is 2.62.